The minimum Gasteiger partial charge on any atom is -0.507 e. The van der Waals surface area contributed by atoms with Gasteiger partial charge in [-0.05, 0) is 40.5 Å². The summed E-state index contributed by atoms with van der Waals surface area (Å²) in [4.78, 5) is 23.2. The van der Waals surface area contributed by atoms with Crippen LogP contribution in [0.25, 0.3) is 0 Å². The lowest BCUT2D eigenvalue weighted by atomic mass is 9.92. The molecule has 0 bridgehead atoms. The fraction of sp³-hybridized carbons (Fsp3) is 0.0909. The normalized spacial score (nSPS) is 14.9. The van der Waals surface area contributed by atoms with E-state index in [-0.39, 0.29) is 32.9 Å². The van der Waals surface area contributed by atoms with Gasteiger partial charge in [0, 0.05) is 11.6 Å². The van der Waals surface area contributed by atoms with Crippen LogP contribution in [0.15, 0.2) is 22.7 Å². The number of aromatic hydroxyl groups is 1. The molecule has 15 heavy (non-hydrogen) atoms. The smallest absolute Gasteiger partial charge is 0.200 e. The molecule has 76 valence electrons. The lowest BCUT2D eigenvalue weighted by molar-refractivity contribution is 0.0989. The van der Waals surface area contributed by atoms with Crippen molar-refractivity contribution in [3.8, 4) is 5.75 Å². The van der Waals surface area contributed by atoms with Gasteiger partial charge in [-0.1, -0.05) is 0 Å². The Morgan fingerprint density at radius 1 is 1.27 bits per heavy atom. The van der Waals surface area contributed by atoms with Crippen LogP contribution in [-0.2, 0) is 0 Å². The van der Waals surface area contributed by atoms with Gasteiger partial charge in [0.25, 0.3) is 0 Å². The van der Waals surface area contributed by atoms with Gasteiger partial charge in [-0.3, -0.25) is 9.59 Å². The van der Waals surface area contributed by atoms with Crippen LogP contribution in [0.4, 0.5) is 0 Å². The van der Waals surface area contributed by atoms with Gasteiger partial charge in [0.1, 0.15) is 5.75 Å². The van der Waals surface area contributed by atoms with E-state index in [2.05, 4.69) is 15.9 Å². The highest BCUT2D eigenvalue weighted by molar-refractivity contribution is 9.12. The van der Waals surface area contributed by atoms with Crippen molar-refractivity contribution in [1.82, 2.24) is 0 Å². The summed E-state index contributed by atoms with van der Waals surface area (Å²) in [5, 5.41) is 9.59. The summed E-state index contributed by atoms with van der Waals surface area (Å²) in [6.45, 7) is 1.75. The fourth-order valence-electron chi connectivity index (χ4n) is 1.59. The Labute approximate surface area is 94.5 Å². The Hall–Kier alpha value is -1.42. The molecule has 0 heterocycles. The Morgan fingerprint density at radius 2 is 1.93 bits per heavy atom. The van der Waals surface area contributed by atoms with E-state index in [9.17, 15) is 14.7 Å². The zero-order valence-corrected chi connectivity index (χ0v) is 9.46. The van der Waals surface area contributed by atoms with Crippen molar-refractivity contribution in [2.24, 2.45) is 0 Å². The van der Waals surface area contributed by atoms with Gasteiger partial charge in [-0.2, -0.15) is 0 Å². The van der Waals surface area contributed by atoms with Crippen molar-refractivity contribution in [1.29, 1.82) is 0 Å². The molecule has 1 aromatic carbocycles. The molecule has 1 N–H and O–H groups in total. The van der Waals surface area contributed by atoms with Crippen LogP contribution in [0, 0.1) is 6.92 Å². The predicted molar refractivity (Wildman–Crippen MR) is 58.5 cm³/mol. The SMILES string of the molecule is Cc1cc(O)c2c(c1)C(=O)C(Br)=CC2=O. The predicted octanol–water partition coefficient (Wildman–Crippen LogP) is 2.36. The summed E-state index contributed by atoms with van der Waals surface area (Å²) in [7, 11) is 0. The van der Waals surface area contributed by atoms with Gasteiger partial charge >= 0.3 is 0 Å². The minimum absolute atomic E-state index is 0.0915. The van der Waals surface area contributed by atoms with Crippen molar-refractivity contribution >= 4 is 27.5 Å². The summed E-state index contributed by atoms with van der Waals surface area (Å²) in [5.41, 5.74) is 1.09. The maximum atomic E-state index is 11.7. The van der Waals surface area contributed by atoms with Crippen molar-refractivity contribution in [3.05, 3.63) is 39.4 Å². The highest BCUT2D eigenvalue weighted by Gasteiger charge is 2.27. The van der Waals surface area contributed by atoms with Crippen LogP contribution in [-0.4, -0.2) is 16.7 Å². The van der Waals surface area contributed by atoms with Crippen LogP contribution in [0.5, 0.6) is 5.75 Å². The van der Waals surface area contributed by atoms with Crippen molar-refractivity contribution in [2.45, 2.75) is 6.92 Å². The molecular formula is C11H7BrO3. The van der Waals surface area contributed by atoms with E-state index in [4.69, 9.17) is 0 Å². The molecule has 1 aromatic rings. The highest BCUT2D eigenvalue weighted by atomic mass is 79.9. The van der Waals surface area contributed by atoms with Crippen LogP contribution in [0.3, 0.4) is 0 Å². The van der Waals surface area contributed by atoms with E-state index in [0.717, 1.165) is 5.56 Å². The third-order valence-corrected chi connectivity index (χ3v) is 2.82. The Morgan fingerprint density at radius 3 is 2.60 bits per heavy atom. The first-order valence-corrected chi connectivity index (χ1v) is 5.10. The number of ketones is 2. The molecule has 0 radical (unpaired) electrons. The molecule has 0 amide bonds. The summed E-state index contributed by atoms with van der Waals surface area (Å²) in [6.07, 6.45) is 1.18. The van der Waals surface area contributed by atoms with Gasteiger partial charge in [0.15, 0.2) is 5.78 Å². The average Bonchev–Trinajstić information content (AvgIpc) is 2.12. The number of phenols is 1. The van der Waals surface area contributed by atoms with E-state index in [1.807, 2.05) is 0 Å². The molecule has 1 aliphatic rings. The third-order valence-electron chi connectivity index (χ3n) is 2.23. The molecule has 0 aliphatic heterocycles. The molecule has 4 heteroatoms. The van der Waals surface area contributed by atoms with Crippen LogP contribution < -0.4 is 0 Å². The highest BCUT2D eigenvalue weighted by Crippen LogP contribution is 2.31. The van der Waals surface area contributed by atoms with E-state index in [0.29, 0.717) is 0 Å². The monoisotopic (exact) mass is 266 g/mol. The number of hydrogen-bond donors (Lipinski definition) is 1. The number of Topliss-reactive ketones (excluding diaryl/α,β-unsaturated/α-hetero) is 1. The molecule has 2 rings (SSSR count). The van der Waals surface area contributed by atoms with Crippen molar-refractivity contribution in [2.75, 3.05) is 0 Å². The Balaban J connectivity index is 2.78. The molecule has 0 fully saturated rings. The fourth-order valence-corrected chi connectivity index (χ4v) is 2.01. The number of carbonyl (C=O) groups is 2. The molecule has 0 aromatic heterocycles. The molecular weight excluding hydrogens is 260 g/mol. The second-order valence-corrected chi connectivity index (χ2v) is 4.25. The van der Waals surface area contributed by atoms with Crippen LogP contribution in [0.1, 0.15) is 26.3 Å². The van der Waals surface area contributed by atoms with Crippen LogP contribution in [0.2, 0.25) is 0 Å². The summed E-state index contributed by atoms with van der Waals surface area (Å²) >= 11 is 3.02. The minimum atomic E-state index is -0.353. The largest absolute Gasteiger partial charge is 0.507 e. The lowest BCUT2D eigenvalue weighted by Gasteiger charge is -2.13. The molecule has 0 saturated heterocycles. The number of rotatable bonds is 0. The third kappa shape index (κ3) is 1.51. The maximum absolute atomic E-state index is 11.7. The summed E-state index contributed by atoms with van der Waals surface area (Å²) < 4.78 is 0.227. The molecule has 3 nitrogen and oxygen atoms in total. The topological polar surface area (TPSA) is 54.4 Å². The first kappa shape index (κ1) is 10.1. The Kier molecular flexibility index (Phi) is 2.23. The molecule has 1 aliphatic carbocycles. The number of hydrogen-bond acceptors (Lipinski definition) is 3. The zero-order chi connectivity index (χ0) is 11.2. The van der Waals surface area contributed by atoms with Gasteiger partial charge in [-0.15, -0.1) is 0 Å². The van der Waals surface area contributed by atoms with Crippen LogP contribution >= 0.6 is 15.9 Å². The lowest BCUT2D eigenvalue weighted by Crippen LogP contribution is -2.14. The second-order valence-electron chi connectivity index (χ2n) is 3.39. The number of fused-ring (bicyclic) bond motifs is 1. The standard InChI is InChI=1S/C11H7BrO3/c1-5-2-6-10(8(13)3-5)9(14)4-7(12)11(6)15/h2-4,13H,1H3. The first-order valence-electron chi connectivity index (χ1n) is 4.30. The molecule has 0 unspecified atom stereocenters. The number of aryl methyl sites for hydroxylation is 1. The van der Waals surface area contributed by atoms with Crippen molar-refractivity contribution in [3.63, 3.8) is 0 Å². The molecule has 0 saturated carbocycles. The Bertz CT molecular complexity index is 515. The molecule has 0 spiro atoms. The average molecular weight is 267 g/mol. The summed E-state index contributed by atoms with van der Waals surface area (Å²) in [6, 6.07) is 3.07. The van der Waals surface area contributed by atoms with Crippen molar-refractivity contribution < 1.29 is 14.7 Å². The maximum Gasteiger partial charge on any atom is 0.200 e. The number of carbonyl (C=O) groups excluding carboxylic acids is 2. The van der Waals surface area contributed by atoms with Gasteiger partial charge < -0.3 is 5.11 Å². The number of benzene rings is 1. The van der Waals surface area contributed by atoms with Gasteiger partial charge in [-0.25, -0.2) is 0 Å². The first-order chi connectivity index (χ1) is 7.00. The second kappa shape index (κ2) is 3.31. The number of phenolic OH excluding ortho intramolecular Hbond substituents is 1. The number of allylic oxidation sites excluding steroid dienone is 2. The van der Waals surface area contributed by atoms with E-state index < -0.39 is 0 Å². The quantitative estimate of drug-likeness (QED) is 0.785. The summed E-state index contributed by atoms with van der Waals surface area (Å²) in [5.74, 6) is -0.767. The van der Waals surface area contributed by atoms with Gasteiger partial charge in [0.2, 0.25) is 5.78 Å². The van der Waals surface area contributed by atoms with E-state index in [1.54, 1.807) is 13.0 Å². The number of halogens is 1. The molecule has 0 atom stereocenters. The zero-order valence-electron chi connectivity index (χ0n) is 7.87. The van der Waals surface area contributed by atoms with Gasteiger partial charge in [0.05, 0.1) is 10.0 Å². The van der Waals surface area contributed by atoms with E-state index >= 15 is 0 Å². The van der Waals surface area contributed by atoms with E-state index in [1.165, 1.54) is 12.1 Å².